The molecular weight excluding hydrogens is 583 g/mol. The van der Waals surface area contributed by atoms with Gasteiger partial charge in [0, 0.05) is 5.56 Å². The molecule has 6 atom stereocenters. The molecule has 0 bridgehead atoms. The Hall–Kier alpha value is -4.02. The van der Waals surface area contributed by atoms with E-state index in [-0.39, 0.29) is 35.1 Å². The molecule has 4 aromatic rings. The summed E-state index contributed by atoms with van der Waals surface area (Å²) in [4.78, 5) is 13.4. The molecule has 1 amide bonds. The Morgan fingerprint density at radius 1 is 1.05 bits per heavy atom. The molecule has 6 rings (SSSR count). The van der Waals surface area contributed by atoms with Crippen LogP contribution in [-0.4, -0.2) is 79.6 Å². The molecule has 0 saturated carbocycles. The molecule has 1 spiro atoms. The zero-order valence-corrected chi connectivity index (χ0v) is 21.9. The first-order valence-electron chi connectivity index (χ1n) is 13.1. The monoisotopic (exact) mass is 606 g/mol. The van der Waals surface area contributed by atoms with Crippen LogP contribution >= 0.6 is 0 Å². The highest BCUT2D eigenvalue weighted by Crippen LogP contribution is 2.43. The Morgan fingerprint density at radius 3 is 2.47 bits per heavy atom. The lowest BCUT2D eigenvalue weighted by atomic mass is 9.86. The molecule has 1 aromatic heterocycles. The predicted octanol–water partition coefficient (Wildman–Crippen LogP) is 2.36. The molecule has 3 heterocycles. The quantitative estimate of drug-likeness (QED) is 0.201. The van der Waals surface area contributed by atoms with Gasteiger partial charge in [-0.15, -0.1) is 5.10 Å². The van der Waals surface area contributed by atoms with Crippen LogP contribution < -0.4 is 5.32 Å². The zero-order chi connectivity index (χ0) is 30.6. The van der Waals surface area contributed by atoms with E-state index >= 15 is 0 Å². The summed E-state index contributed by atoms with van der Waals surface area (Å²) in [6, 6.07) is 5.72. The third-order valence-corrected chi connectivity index (χ3v) is 7.77. The maximum atomic E-state index is 14.9. The van der Waals surface area contributed by atoms with E-state index in [1.807, 2.05) is 0 Å². The number of aliphatic hydroxyl groups is 3. The molecule has 2 fully saturated rings. The summed E-state index contributed by atoms with van der Waals surface area (Å²) in [7, 11) is 0. The Morgan fingerprint density at radius 2 is 1.74 bits per heavy atom. The number of carbonyl (C=O) groups is 1. The van der Waals surface area contributed by atoms with E-state index < -0.39 is 83.3 Å². The van der Waals surface area contributed by atoms with Crippen molar-refractivity contribution in [1.82, 2.24) is 20.3 Å². The Balaban J connectivity index is 1.35. The number of ether oxygens (including phenoxy) is 2. The van der Waals surface area contributed by atoms with Crippen molar-refractivity contribution < 1.29 is 51.5 Å². The van der Waals surface area contributed by atoms with E-state index in [0.717, 1.165) is 16.9 Å². The summed E-state index contributed by atoms with van der Waals surface area (Å²) in [5.74, 6) is -10.4. The number of amides is 1. The van der Waals surface area contributed by atoms with Crippen LogP contribution in [0.15, 0.2) is 48.7 Å². The lowest BCUT2D eigenvalue weighted by Gasteiger charge is -2.49. The number of nitrogens with zero attached hydrogens (tertiary/aromatic N) is 3. The second-order valence-corrected chi connectivity index (χ2v) is 10.3. The second-order valence-electron chi connectivity index (χ2n) is 10.3. The molecule has 2 aliphatic heterocycles. The number of aromatic nitrogens is 3. The van der Waals surface area contributed by atoms with Crippen LogP contribution in [0.5, 0.6) is 0 Å². The molecule has 2 saturated heterocycles. The number of hydrogen-bond acceptors (Lipinski definition) is 8. The van der Waals surface area contributed by atoms with E-state index in [9.17, 15) is 42.1 Å². The Labute approximate surface area is 239 Å². The van der Waals surface area contributed by atoms with Crippen molar-refractivity contribution in [3.8, 4) is 11.3 Å². The molecule has 2 aliphatic rings. The summed E-state index contributed by atoms with van der Waals surface area (Å²) in [5.41, 5.74) is -0.930. The van der Waals surface area contributed by atoms with Crippen molar-refractivity contribution in [2.24, 2.45) is 0 Å². The summed E-state index contributed by atoms with van der Waals surface area (Å²) >= 11 is 0. The standard InChI is InChI=1S/C28H23F5N4O6/c29-15-8-13(9-16(30)22(15)32)18-10-37(36-35-18)24-25(39)19(11-38)43-28(26(24)40)20(5-6-42-28)34-27(41)21-14-4-2-1-3-12(14)7-17(31)23(21)33/h1-4,7-10,19-20,24-26,38-40H,5-6,11H2,(H,34,41)/t19-,20-,24+,25+,26-,28+/m1/s1. The fourth-order valence-corrected chi connectivity index (χ4v) is 5.68. The van der Waals surface area contributed by atoms with Gasteiger partial charge < -0.3 is 30.1 Å². The SMILES string of the molecule is O=C(N[C@@H]1CCO[C@]12O[C@H](CO)[C@H](O)[C@H](n1cc(-c3cc(F)c(F)c(F)c3)nn1)[C@H]2O)c1c(F)c(F)cc2ccccc12. The van der Waals surface area contributed by atoms with Crippen LogP contribution in [0.1, 0.15) is 22.8 Å². The van der Waals surface area contributed by atoms with Gasteiger partial charge in [-0.25, -0.2) is 26.6 Å². The minimum absolute atomic E-state index is 0.0232. The van der Waals surface area contributed by atoms with Gasteiger partial charge >= 0.3 is 0 Å². The smallest absolute Gasteiger partial charge is 0.255 e. The fraction of sp³-hybridized carbons (Fsp3) is 0.321. The maximum Gasteiger partial charge on any atom is 0.255 e. The van der Waals surface area contributed by atoms with Gasteiger partial charge in [-0.05, 0) is 35.4 Å². The molecule has 226 valence electrons. The van der Waals surface area contributed by atoms with Crippen LogP contribution in [0.2, 0.25) is 0 Å². The van der Waals surface area contributed by atoms with E-state index in [1.54, 1.807) is 12.1 Å². The van der Waals surface area contributed by atoms with Crippen molar-refractivity contribution >= 4 is 16.7 Å². The van der Waals surface area contributed by atoms with Crippen LogP contribution in [0.25, 0.3) is 22.0 Å². The minimum atomic E-state index is -2.12. The summed E-state index contributed by atoms with van der Waals surface area (Å²) in [6.07, 6.45) is -3.75. The molecular formula is C28H23F5N4O6. The average molecular weight is 607 g/mol. The van der Waals surface area contributed by atoms with Gasteiger partial charge in [0.2, 0.25) is 5.79 Å². The molecule has 0 aliphatic carbocycles. The minimum Gasteiger partial charge on any atom is -0.394 e. The van der Waals surface area contributed by atoms with Gasteiger partial charge in [0.05, 0.1) is 31.0 Å². The average Bonchev–Trinajstić information content (AvgIpc) is 3.62. The van der Waals surface area contributed by atoms with Crippen molar-refractivity contribution in [3.05, 3.63) is 83.3 Å². The number of aliphatic hydroxyl groups excluding tert-OH is 3. The highest BCUT2D eigenvalue weighted by atomic mass is 19.2. The number of fused-ring (bicyclic) bond motifs is 1. The van der Waals surface area contributed by atoms with E-state index in [1.165, 1.54) is 12.1 Å². The van der Waals surface area contributed by atoms with Gasteiger partial charge in [0.15, 0.2) is 29.1 Å². The normalized spacial score (nSPS) is 27.2. The first-order chi connectivity index (χ1) is 20.6. The molecule has 3 aromatic carbocycles. The fourth-order valence-electron chi connectivity index (χ4n) is 5.68. The second kappa shape index (κ2) is 10.9. The molecule has 0 unspecified atom stereocenters. The maximum absolute atomic E-state index is 14.9. The van der Waals surface area contributed by atoms with Crippen LogP contribution in [0.4, 0.5) is 22.0 Å². The molecule has 43 heavy (non-hydrogen) atoms. The van der Waals surface area contributed by atoms with Crippen molar-refractivity contribution in [2.75, 3.05) is 13.2 Å². The lowest BCUT2D eigenvalue weighted by molar-refractivity contribution is -0.344. The van der Waals surface area contributed by atoms with Crippen molar-refractivity contribution in [3.63, 3.8) is 0 Å². The van der Waals surface area contributed by atoms with Gasteiger partial charge in [0.25, 0.3) is 5.91 Å². The summed E-state index contributed by atoms with van der Waals surface area (Å²) in [6.45, 7) is -0.874. The largest absolute Gasteiger partial charge is 0.394 e. The Kier molecular flexibility index (Phi) is 7.38. The highest BCUT2D eigenvalue weighted by Gasteiger charge is 2.62. The number of nitrogens with one attached hydrogen (secondary N) is 1. The van der Waals surface area contributed by atoms with Crippen LogP contribution in [0, 0.1) is 29.1 Å². The number of benzene rings is 3. The number of carbonyl (C=O) groups excluding carboxylic acids is 1. The number of hydrogen-bond donors (Lipinski definition) is 4. The van der Waals surface area contributed by atoms with Crippen LogP contribution in [-0.2, 0) is 9.47 Å². The summed E-state index contributed by atoms with van der Waals surface area (Å²) in [5, 5.41) is 43.1. The third kappa shape index (κ3) is 4.73. The zero-order valence-electron chi connectivity index (χ0n) is 21.9. The van der Waals surface area contributed by atoms with Gasteiger partial charge in [0.1, 0.15) is 30.0 Å². The topological polar surface area (TPSA) is 139 Å². The lowest BCUT2D eigenvalue weighted by Crippen LogP contribution is -2.69. The van der Waals surface area contributed by atoms with Crippen molar-refractivity contribution in [2.45, 2.75) is 42.6 Å². The molecule has 0 radical (unpaired) electrons. The molecule has 10 nitrogen and oxygen atoms in total. The van der Waals surface area contributed by atoms with E-state index in [4.69, 9.17) is 9.47 Å². The third-order valence-electron chi connectivity index (χ3n) is 7.77. The van der Waals surface area contributed by atoms with Gasteiger partial charge in [-0.1, -0.05) is 29.5 Å². The summed E-state index contributed by atoms with van der Waals surface area (Å²) < 4.78 is 83.0. The van der Waals surface area contributed by atoms with Crippen LogP contribution in [0.3, 0.4) is 0 Å². The molecule has 15 heteroatoms. The van der Waals surface area contributed by atoms with Crippen molar-refractivity contribution in [1.29, 1.82) is 0 Å². The predicted molar refractivity (Wildman–Crippen MR) is 137 cm³/mol. The van der Waals surface area contributed by atoms with Gasteiger partial charge in [-0.3, -0.25) is 4.79 Å². The van der Waals surface area contributed by atoms with E-state index in [2.05, 4.69) is 15.6 Å². The van der Waals surface area contributed by atoms with E-state index in [0.29, 0.717) is 12.1 Å². The van der Waals surface area contributed by atoms with Gasteiger partial charge in [-0.2, -0.15) is 0 Å². The molecule has 4 N–H and O–H groups in total. The first-order valence-corrected chi connectivity index (χ1v) is 13.1. The number of halogens is 5. The number of rotatable bonds is 5. The Bertz CT molecular complexity index is 1700. The highest BCUT2D eigenvalue weighted by molar-refractivity contribution is 6.07. The first kappa shape index (κ1) is 29.1.